The van der Waals surface area contributed by atoms with Crippen LogP contribution >= 0.6 is 22.7 Å². The number of nitrogens with zero attached hydrogens (tertiary/aromatic N) is 3. The van der Waals surface area contributed by atoms with Crippen molar-refractivity contribution in [3.05, 3.63) is 10.7 Å². The third-order valence-electron chi connectivity index (χ3n) is 1.76. The normalized spacial score (nSPS) is 11.6. The molecule has 0 atom stereocenters. The fourth-order valence-corrected chi connectivity index (χ4v) is 4.27. The van der Waals surface area contributed by atoms with E-state index in [0.29, 0.717) is 10.7 Å². The standard InChI is InChI=1S/C7H9N5O2S3/c1-3-5(16-6(8)9-3)17(13,14)12-7-11-10-4(2)15-7/h1-2H3,(H2,8,9)(H,11,12). The molecule has 0 aromatic carbocycles. The second-order valence-electron chi connectivity index (χ2n) is 3.16. The summed E-state index contributed by atoms with van der Waals surface area (Å²) in [4.78, 5) is 3.87. The SMILES string of the molecule is Cc1nnc(NS(=O)(=O)c2sc(N)nc2C)s1. The predicted molar refractivity (Wildman–Crippen MR) is 66.7 cm³/mol. The van der Waals surface area contributed by atoms with E-state index in [9.17, 15) is 8.42 Å². The Hall–Kier alpha value is -1.26. The van der Waals surface area contributed by atoms with E-state index in [1.807, 2.05) is 0 Å². The number of hydrogen-bond acceptors (Lipinski definition) is 8. The van der Waals surface area contributed by atoms with E-state index in [0.717, 1.165) is 22.7 Å². The lowest BCUT2D eigenvalue weighted by molar-refractivity contribution is 0.602. The number of nitrogens with one attached hydrogen (secondary N) is 1. The zero-order valence-electron chi connectivity index (χ0n) is 8.96. The molecule has 92 valence electrons. The smallest absolute Gasteiger partial charge is 0.275 e. The number of aromatic nitrogens is 3. The third kappa shape index (κ3) is 2.53. The largest absolute Gasteiger partial charge is 0.375 e. The van der Waals surface area contributed by atoms with Crippen LogP contribution < -0.4 is 10.5 Å². The maximum absolute atomic E-state index is 12.0. The molecule has 10 heteroatoms. The van der Waals surface area contributed by atoms with Crippen LogP contribution in [0.15, 0.2) is 4.21 Å². The highest BCUT2D eigenvalue weighted by Gasteiger charge is 2.22. The van der Waals surface area contributed by atoms with Crippen LogP contribution in [0.4, 0.5) is 10.3 Å². The molecule has 0 bridgehead atoms. The Balaban J connectivity index is 2.34. The van der Waals surface area contributed by atoms with E-state index in [4.69, 9.17) is 5.73 Å². The molecule has 7 nitrogen and oxygen atoms in total. The minimum absolute atomic E-state index is 0.0999. The lowest BCUT2D eigenvalue weighted by Crippen LogP contribution is -2.12. The molecular formula is C7H9N5O2S3. The molecule has 0 saturated heterocycles. The molecule has 3 N–H and O–H groups in total. The molecule has 2 aromatic heterocycles. The summed E-state index contributed by atoms with van der Waals surface area (Å²) in [7, 11) is -3.68. The summed E-state index contributed by atoms with van der Waals surface area (Å²) in [6.45, 7) is 3.33. The number of anilines is 2. The summed E-state index contributed by atoms with van der Waals surface area (Å²) >= 11 is 2.08. The summed E-state index contributed by atoms with van der Waals surface area (Å²) in [5.74, 6) is 0. The second-order valence-corrected chi connectivity index (χ2v) is 7.25. The van der Waals surface area contributed by atoms with Crippen LogP contribution in [0.5, 0.6) is 0 Å². The van der Waals surface area contributed by atoms with Crippen molar-refractivity contribution in [1.82, 2.24) is 15.2 Å². The first-order chi connectivity index (χ1) is 7.88. The van der Waals surface area contributed by atoms with Crippen LogP contribution in [0.1, 0.15) is 10.7 Å². The van der Waals surface area contributed by atoms with Crippen molar-refractivity contribution in [2.45, 2.75) is 18.1 Å². The Morgan fingerprint density at radius 3 is 2.41 bits per heavy atom. The number of sulfonamides is 1. The number of rotatable bonds is 3. The predicted octanol–water partition coefficient (Wildman–Crippen LogP) is 0.994. The Morgan fingerprint density at radius 1 is 1.24 bits per heavy atom. The molecular weight excluding hydrogens is 282 g/mol. The molecule has 2 rings (SSSR count). The van der Waals surface area contributed by atoms with Gasteiger partial charge in [0, 0.05) is 0 Å². The highest BCUT2D eigenvalue weighted by Crippen LogP contribution is 2.27. The summed E-state index contributed by atoms with van der Waals surface area (Å²) in [5, 5.41) is 8.55. The Kier molecular flexibility index (Phi) is 3.02. The molecule has 0 aliphatic heterocycles. The van der Waals surface area contributed by atoms with Gasteiger partial charge in [0.15, 0.2) is 9.34 Å². The summed E-state index contributed by atoms with van der Waals surface area (Å²) in [6.07, 6.45) is 0. The maximum Gasteiger partial charge on any atom is 0.275 e. The molecule has 17 heavy (non-hydrogen) atoms. The van der Waals surface area contributed by atoms with Crippen molar-refractivity contribution in [3.63, 3.8) is 0 Å². The van der Waals surface area contributed by atoms with E-state index >= 15 is 0 Å². The first-order valence-electron chi connectivity index (χ1n) is 4.44. The van der Waals surface area contributed by atoms with E-state index in [1.54, 1.807) is 13.8 Å². The number of nitrogens with two attached hydrogens (primary N) is 1. The van der Waals surface area contributed by atoms with E-state index in [-0.39, 0.29) is 14.5 Å². The van der Waals surface area contributed by atoms with Gasteiger partial charge >= 0.3 is 0 Å². The quantitative estimate of drug-likeness (QED) is 0.872. The molecule has 2 aromatic rings. The van der Waals surface area contributed by atoms with Gasteiger partial charge in [-0.2, -0.15) is 0 Å². The van der Waals surface area contributed by atoms with Gasteiger partial charge in [0.1, 0.15) is 5.01 Å². The van der Waals surface area contributed by atoms with Crippen LogP contribution in [-0.4, -0.2) is 23.6 Å². The topological polar surface area (TPSA) is 111 Å². The van der Waals surface area contributed by atoms with Gasteiger partial charge in [-0.1, -0.05) is 22.7 Å². The van der Waals surface area contributed by atoms with E-state index in [2.05, 4.69) is 19.9 Å². The van der Waals surface area contributed by atoms with Crippen LogP contribution in [0.3, 0.4) is 0 Å². The minimum atomic E-state index is -3.68. The maximum atomic E-state index is 12.0. The fraction of sp³-hybridized carbons (Fsp3) is 0.286. The molecule has 0 amide bonds. The van der Waals surface area contributed by atoms with Crippen molar-refractivity contribution < 1.29 is 8.42 Å². The van der Waals surface area contributed by atoms with Crippen LogP contribution in [-0.2, 0) is 10.0 Å². The van der Waals surface area contributed by atoms with E-state index < -0.39 is 10.0 Å². The van der Waals surface area contributed by atoms with Crippen LogP contribution in [0.2, 0.25) is 0 Å². The van der Waals surface area contributed by atoms with E-state index in [1.165, 1.54) is 0 Å². The monoisotopic (exact) mass is 291 g/mol. The van der Waals surface area contributed by atoms with Crippen molar-refractivity contribution in [2.75, 3.05) is 10.5 Å². The zero-order chi connectivity index (χ0) is 12.6. The van der Waals surface area contributed by atoms with Gasteiger partial charge in [0.25, 0.3) is 10.0 Å². The molecule has 0 spiro atoms. The zero-order valence-corrected chi connectivity index (χ0v) is 11.4. The van der Waals surface area contributed by atoms with Crippen LogP contribution in [0, 0.1) is 13.8 Å². The average molecular weight is 291 g/mol. The van der Waals surface area contributed by atoms with Gasteiger partial charge in [0.05, 0.1) is 5.69 Å². The third-order valence-corrected chi connectivity index (χ3v) is 5.58. The Morgan fingerprint density at radius 2 is 1.94 bits per heavy atom. The molecule has 0 aliphatic carbocycles. The fourth-order valence-electron chi connectivity index (χ4n) is 1.15. The molecule has 0 saturated carbocycles. The average Bonchev–Trinajstić information content (AvgIpc) is 2.72. The molecule has 0 fully saturated rings. The number of aryl methyl sites for hydroxylation is 2. The first kappa shape index (κ1) is 12.2. The number of thiazole rings is 1. The number of hydrogen-bond donors (Lipinski definition) is 2. The lowest BCUT2D eigenvalue weighted by atomic mass is 10.6. The lowest BCUT2D eigenvalue weighted by Gasteiger charge is -2.01. The first-order valence-corrected chi connectivity index (χ1v) is 7.56. The van der Waals surface area contributed by atoms with Crippen molar-refractivity contribution in [1.29, 1.82) is 0 Å². The van der Waals surface area contributed by atoms with Gasteiger partial charge in [-0.3, -0.25) is 4.72 Å². The van der Waals surface area contributed by atoms with Gasteiger partial charge in [0.2, 0.25) is 5.13 Å². The van der Waals surface area contributed by atoms with Gasteiger partial charge in [-0.25, -0.2) is 13.4 Å². The van der Waals surface area contributed by atoms with Crippen LogP contribution in [0.25, 0.3) is 0 Å². The highest BCUT2D eigenvalue weighted by molar-refractivity contribution is 7.95. The Bertz CT molecular complexity index is 644. The highest BCUT2D eigenvalue weighted by atomic mass is 32.2. The van der Waals surface area contributed by atoms with Gasteiger partial charge in [-0.15, -0.1) is 10.2 Å². The minimum Gasteiger partial charge on any atom is -0.375 e. The van der Waals surface area contributed by atoms with Crippen molar-refractivity contribution in [2.24, 2.45) is 0 Å². The van der Waals surface area contributed by atoms with Gasteiger partial charge in [-0.05, 0) is 13.8 Å². The second kappa shape index (κ2) is 4.20. The molecule has 0 unspecified atom stereocenters. The molecule has 0 radical (unpaired) electrons. The van der Waals surface area contributed by atoms with Crippen molar-refractivity contribution >= 4 is 43.0 Å². The Labute approximate surface area is 106 Å². The number of nitrogen functional groups attached to an aromatic ring is 1. The molecule has 0 aliphatic rings. The summed E-state index contributed by atoms with van der Waals surface area (Å²) < 4.78 is 26.4. The summed E-state index contributed by atoms with van der Waals surface area (Å²) in [5.41, 5.74) is 5.84. The van der Waals surface area contributed by atoms with Gasteiger partial charge < -0.3 is 5.73 Å². The summed E-state index contributed by atoms with van der Waals surface area (Å²) in [6, 6.07) is 0. The molecule has 2 heterocycles. The van der Waals surface area contributed by atoms with Crippen molar-refractivity contribution in [3.8, 4) is 0 Å².